The molecule has 0 bridgehead atoms. The number of amides is 1. The number of nitrogens with zero attached hydrogens (tertiary/aromatic N) is 4. The van der Waals surface area contributed by atoms with E-state index in [9.17, 15) is 24.0 Å². The van der Waals surface area contributed by atoms with Crippen molar-refractivity contribution in [3.05, 3.63) is 88.1 Å². The second-order valence-electron chi connectivity index (χ2n) is 8.91. The predicted octanol–water partition coefficient (Wildman–Crippen LogP) is 4.41. The molecule has 10 nitrogen and oxygen atoms in total. The van der Waals surface area contributed by atoms with E-state index in [-0.39, 0.29) is 46.4 Å². The van der Waals surface area contributed by atoms with Gasteiger partial charge in [-0.1, -0.05) is 41.3 Å². The van der Waals surface area contributed by atoms with Gasteiger partial charge in [0.2, 0.25) is 11.0 Å². The Hall–Kier alpha value is -4.54. The molecule has 5 rings (SSSR count). The van der Waals surface area contributed by atoms with E-state index in [0.29, 0.717) is 39.3 Å². The Morgan fingerprint density at radius 3 is 2.65 bits per heavy atom. The van der Waals surface area contributed by atoms with Crippen LogP contribution in [0.3, 0.4) is 0 Å². The second-order valence-corrected chi connectivity index (χ2v) is 11.1. The molecular formula is C27H21FN6O4S2. The van der Waals surface area contributed by atoms with E-state index >= 15 is 0 Å². The zero-order chi connectivity index (χ0) is 28.4. The highest BCUT2D eigenvalue weighted by atomic mass is 32.2. The van der Waals surface area contributed by atoms with Crippen molar-refractivity contribution in [3.63, 3.8) is 0 Å². The van der Waals surface area contributed by atoms with Crippen LogP contribution in [-0.4, -0.2) is 38.7 Å². The molecule has 1 amide bonds. The molecule has 40 heavy (non-hydrogen) atoms. The number of halogens is 1. The molecule has 2 aromatic carbocycles. The summed E-state index contributed by atoms with van der Waals surface area (Å²) in [5.41, 5.74) is 8.21. The lowest BCUT2D eigenvalue weighted by atomic mass is 9.75. The first-order valence-electron chi connectivity index (χ1n) is 12.1. The summed E-state index contributed by atoms with van der Waals surface area (Å²) in [5.74, 6) is -2.95. The Morgan fingerprint density at radius 2 is 1.95 bits per heavy atom. The number of carbonyl (C=O) groups is 3. The summed E-state index contributed by atoms with van der Waals surface area (Å²) < 4.78 is 15.3. The first kappa shape index (κ1) is 27.0. The van der Waals surface area contributed by atoms with Gasteiger partial charge in [-0.2, -0.15) is 5.26 Å². The molecule has 4 N–H and O–H groups in total. The number of aromatic carboxylic acids is 1. The van der Waals surface area contributed by atoms with Gasteiger partial charge in [-0.3, -0.25) is 14.5 Å². The molecule has 1 aliphatic heterocycles. The summed E-state index contributed by atoms with van der Waals surface area (Å²) in [4.78, 5) is 38.1. The number of ketones is 1. The first-order chi connectivity index (χ1) is 19.3. The largest absolute Gasteiger partial charge is 0.478 e. The van der Waals surface area contributed by atoms with Gasteiger partial charge in [-0.15, -0.1) is 10.2 Å². The third-order valence-electron chi connectivity index (χ3n) is 6.46. The highest BCUT2D eigenvalue weighted by Gasteiger charge is 2.42. The van der Waals surface area contributed by atoms with Crippen LogP contribution in [0.4, 0.5) is 15.2 Å². The van der Waals surface area contributed by atoms with Crippen LogP contribution in [0, 0.1) is 17.1 Å². The van der Waals surface area contributed by atoms with Crippen molar-refractivity contribution in [1.29, 1.82) is 5.26 Å². The average Bonchev–Trinajstić information content (AvgIpc) is 3.40. The fourth-order valence-corrected chi connectivity index (χ4v) is 6.38. The molecule has 2 aliphatic rings. The molecule has 1 atom stereocenters. The number of nitriles is 1. The van der Waals surface area contributed by atoms with Crippen LogP contribution in [0.5, 0.6) is 0 Å². The molecule has 202 valence electrons. The van der Waals surface area contributed by atoms with Gasteiger partial charge in [0.1, 0.15) is 11.6 Å². The fourth-order valence-electron chi connectivity index (χ4n) is 4.70. The van der Waals surface area contributed by atoms with Crippen molar-refractivity contribution in [2.45, 2.75) is 29.5 Å². The molecule has 1 unspecified atom stereocenters. The van der Waals surface area contributed by atoms with Crippen molar-refractivity contribution in [2.24, 2.45) is 5.73 Å². The lowest BCUT2D eigenvalue weighted by Gasteiger charge is -2.38. The van der Waals surface area contributed by atoms with Crippen LogP contribution in [0.15, 0.2) is 75.5 Å². The molecule has 0 saturated carbocycles. The van der Waals surface area contributed by atoms with E-state index in [1.54, 1.807) is 23.1 Å². The maximum atomic E-state index is 14.9. The summed E-state index contributed by atoms with van der Waals surface area (Å²) in [6.07, 6.45) is 1.33. The Labute approximate surface area is 236 Å². The molecule has 0 saturated heterocycles. The first-order valence-corrected chi connectivity index (χ1v) is 13.9. The Bertz CT molecular complexity index is 1630. The second kappa shape index (κ2) is 11.3. The number of thioether (sulfide) groups is 1. The molecule has 1 aliphatic carbocycles. The average molecular weight is 577 g/mol. The molecular weight excluding hydrogens is 555 g/mol. The molecule has 1 aromatic heterocycles. The van der Waals surface area contributed by atoms with Gasteiger partial charge < -0.3 is 16.2 Å². The zero-order valence-corrected chi connectivity index (χ0v) is 22.4. The maximum absolute atomic E-state index is 14.9. The molecule has 0 fully saturated rings. The Kier molecular flexibility index (Phi) is 7.63. The van der Waals surface area contributed by atoms with Gasteiger partial charge in [-0.05, 0) is 43.2 Å². The number of carbonyl (C=O) groups excluding carboxylic acids is 2. The monoisotopic (exact) mass is 576 g/mol. The lowest BCUT2D eigenvalue weighted by Crippen LogP contribution is -2.38. The SMILES string of the molecule is N#CC1=C(N)N(c2nnc(SCC(=O)Nc3ccc(C(=O)O)cc3)s2)C2=C(C(=O)CCC2)C1c1ccccc1F. The Balaban J connectivity index is 1.38. The van der Waals surface area contributed by atoms with E-state index in [4.69, 9.17) is 10.8 Å². The van der Waals surface area contributed by atoms with Crippen LogP contribution >= 0.6 is 23.1 Å². The number of anilines is 2. The summed E-state index contributed by atoms with van der Waals surface area (Å²) >= 11 is 2.28. The van der Waals surface area contributed by atoms with E-state index < -0.39 is 17.7 Å². The topological polar surface area (TPSA) is 162 Å². The van der Waals surface area contributed by atoms with Crippen LogP contribution in [0.1, 0.15) is 41.1 Å². The number of rotatable bonds is 7. The standard InChI is InChI=1S/C27H21FN6O4S2/c28-18-5-2-1-4-16(18)22-17(12-29)24(30)34(19-6-3-7-20(35)23(19)22)26-32-33-27(40-26)39-13-21(36)31-15-10-8-14(9-11-15)25(37)38/h1-2,4-5,8-11,22H,3,6-7,13,30H2,(H,31,36)(H,37,38). The predicted molar refractivity (Wildman–Crippen MR) is 147 cm³/mol. The molecule has 2 heterocycles. The van der Waals surface area contributed by atoms with Crippen LogP contribution in [-0.2, 0) is 9.59 Å². The highest BCUT2D eigenvalue weighted by molar-refractivity contribution is 8.01. The Morgan fingerprint density at radius 1 is 1.20 bits per heavy atom. The molecule has 3 aromatic rings. The van der Waals surface area contributed by atoms with E-state index in [2.05, 4.69) is 21.6 Å². The van der Waals surface area contributed by atoms with Crippen molar-refractivity contribution in [2.75, 3.05) is 16.0 Å². The quantitative estimate of drug-likeness (QED) is 0.343. The lowest BCUT2D eigenvalue weighted by molar-refractivity contribution is -0.116. The van der Waals surface area contributed by atoms with Gasteiger partial charge in [0.05, 0.1) is 28.9 Å². The molecule has 0 spiro atoms. The summed E-state index contributed by atoms with van der Waals surface area (Å²) in [5, 5.41) is 30.4. The number of nitrogens with two attached hydrogens (primary N) is 1. The number of nitrogens with one attached hydrogen (secondary N) is 1. The fraction of sp³-hybridized carbons (Fsp3) is 0.185. The van der Waals surface area contributed by atoms with Gasteiger partial charge >= 0.3 is 5.97 Å². The number of carboxylic acids is 1. The number of allylic oxidation sites excluding steroid dienone is 3. The normalized spacial score (nSPS) is 16.9. The van der Waals surface area contributed by atoms with E-state index in [1.807, 2.05) is 0 Å². The summed E-state index contributed by atoms with van der Waals surface area (Å²) in [7, 11) is 0. The van der Waals surface area contributed by atoms with Crippen LogP contribution in [0.2, 0.25) is 0 Å². The number of benzene rings is 2. The minimum atomic E-state index is -1.06. The number of Topliss-reactive ketones (excluding diaryl/α,β-unsaturated/α-hetero) is 1. The van der Waals surface area contributed by atoms with Gasteiger partial charge in [0, 0.05) is 28.9 Å². The zero-order valence-electron chi connectivity index (χ0n) is 20.8. The third kappa shape index (κ3) is 5.18. The van der Waals surface area contributed by atoms with Crippen molar-refractivity contribution in [1.82, 2.24) is 10.2 Å². The third-order valence-corrected chi connectivity index (χ3v) is 8.50. The van der Waals surface area contributed by atoms with E-state index in [0.717, 1.165) is 23.1 Å². The smallest absolute Gasteiger partial charge is 0.335 e. The number of hydrogen-bond acceptors (Lipinski definition) is 10. The maximum Gasteiger partial charge on any atom is 0.335 e. The van der Waals surface area contributed by atoms with E-state index in [1.165, 1.54) is 30.3 Å². The van der Waals surface area contributed by atoms with Crippen molar-refractivity contribution >= 4 is 51.6 Å². The molecule has 0 radical (unpaired) electrons. The minimum absolute atomic E-state index is 0.00583. The van der Waals surface area contributed by atoms with Crippen LogP contribution in [0.25, 0.3) is 0 Å². The van der Waals surface area contributed by atoms with Gasteiger partial charge in [0.15, 0.2) is 10.1 Å². The van der Waals surface area contributed by atoms with Gasteiger partial charge in [0.25, 0.3) is 0 Å². The van der Waals surface area contributed by atoms with Crippen LogP contribution < -0.4 is 16.0 Å². The number of hydrogen-bond donors (Lipinski definition) is 3. The van der Waals surface area contributed by atoms with Crippen molar-refractivity contribution in [3.8, 4) is 6.07 Å². The highest BCUT2D eigenvalue weighted by Crippen LogP contribution is 2.47. The van der Waals surface area contributed by atoms with Crippen molar-refractivity contribution < 1.29 is 23.9 Å². The summed E-state index contributed by atoms with van der Waals surface area (Å²) in [6, 6.07) is 13.9. The van der Waals surface area contributed by atoms with Gasteiger partial charge in [-0.25, -0.2) is 9.18 Å². The molecule has 13 heteroatoms. The minimum Gasteiger partial charge on any atom is -0.478 e. The number of carboxylic acid groups (broad SMARTS) is 1. The number of aromatic nitrogens is 2. The summed E-state index contributed by atoms with van der Waals surface area (Å²) in [6.45, 7) is 0.